The average molecular weight is 250 g/mol. The molecule has 1 heterocycles. The van der Waals surface area contributed by atoms with Crippen LogP contribution in [-0.2, 0) is 12.6 Å². The van der Waals surface area contributed by atoms with Gasteiger partial charge in [0.1, 0.15) is 0 Å². The van der Waals surface area contributed by atoms with Crippen LogP contribution in [0.4, 0.5) is 13.2 Å². The van der Waals surface area contributed by atoms with Crippen molar-refractivity contribution in [2.24, 2.45) is 0 Å². The number of aromatic nitrogens is 1. The Labute approximate surface area is 102 Å². The first kappa shape index (κ1) is 12.4. The number of hydrogen-bond donors (Lipinski definition) is 0. The number of pyridine rings is 1. The molecule has 92 valence electrons. The van der Waals surface area contributed by atoms with Gasteiger partial charge in [-0.3, -0.25) is 4.98 Å². The zero-order chi connectivity index (χ0) is 13.2. The summed E-state index contributed by atoms with van der Waals surface area (Å²) in [7, 11) is 0. The maximum Gasteiger partial charge on any atom is 0.416 e. The van der Waals surface area contributed by atoms with Crippen LogP contribution in [0.15, 0.2) is 30.3 Å². The van der Waals surface area contributed by atoms with Gasteiger partial charge in [0.2, 0.25) is 0 Å². The lowest BCUT2D eigenvalue weighted by Gasteiger charge is -2.08. The second-order valence-corrected chi connectivity index (χ2v) is 3.87. The van der Waals surface area contributed by atoms with Gasteiger partial charge in [0.15, 0.2) is 0 Å². The van der Waals surface area contributed by atoms with Gasteiger partial charge < -0.3 is 0 Å². The molecule has 5 heteroatoms. The maximum atomic E-state index is 12.5. The molecule has 0 bridgehead atoms. The molecule has 0 aliphatic rings. The van der Waals surface area contributed by atoms with Crippen molar-refractivity contribution in [3.05, 3.63) is 41.6 Å². The van der Waals surface area contributed by atoms with Gasteiger partial charge in [0, 0.05) is 23.9 Å². The highest BCUT2D eigenvalue weighted by molar-refractivity contribution is 5.79. The molecule has 0 N–H and O–H groups in total. The minimum atomic E-state index is -4.36. The Hall–Kier alpha value is -2.09. The number of fused-ring (bicyclic) bond motifs is 1. The molecule has 0 aliphatic carbocycles. The fraction of sp³-hybridized carbons (Fsp3) is 0.231. The molecule has 2 rings (SSSR count). The molecule has 1 aromatic carbocycles. The van der Waals surface area contributed by atoms with Gasteiger partial charge in [-0.25, -0.2) is 0 Å². The molecule has 0 spiro atoms. The molecule has 0 unspecified atom stereocenters. The third-order valence-electron chi connectivity index (χ3n) is 2.57. The minimum Gasteiger partial charge on any atom is -0.253 e. The summed E-state index contributed by atoms with van der Waals surface area (Å²) in [5.74, 6) is 0. The second kappa shape index (κ2) is 4.65. The molecule has 2 aromatic rings. The van der Waals surface area contributed by atoms with Crippen molar-refractivity contribution in [2.75, 3.05) is 0 Å². The summed E-state index contributed by atoms with van der Waals surface area (Å²) in [6, 6.07) is 8.90. The Kier molecular flexibility index (Phi) is 3.19. The molecular formula is C13H9F3N2. The normalized spacial score (nSPS) is 11.4. The van der Waals surface area contributed by atoms with Crippen molar-refractivity contribution in [1.29, 1.82) is 5.26 Å². The zero-order valence-electron chi connectivity index (χ0n) is 9.33. The van der Waals surface area contributed by atoms with Crippen LogP contribution < -0.4 is 0 Å². The lowest BCUT2D eigenvalue weighted by Crippen LogP contribution is -2.04. The van der Waals surface area contributed by atoms with Gasteiger partial charge in [-0.2, -0.15) is 18.4 Å². The molecule has 1 aromatic heterocycles. The maximum absolute atomic E-state index is 12.5. The van der Waals surface area contributed by atoms with Crippen molar-refractivity contribution in [2.45, 2.75) is 19.0 Å². The number of hydrogen-bond acceptors (Lipinski definition) is 2. The van der Waals surface area contributed by atoms with Crippen molar-refractivity contribution in [3.8, 4) is 6.07 Å². The molecule has 0 amide bonds. The Morgan fingerprint density at radius 3 is 2.56 bits per heavy atom. The average Bonchev–Trinajstić information content (AvgIpc) is 2.34. The molecule has 2 nitrogen and oxygen atoms in total. The van der Waals surface area contributed by atoms with Crippen LogP contribution in [-0.4, -0.2) is 4.98 Å². The van der Waals surface area contributed by atoms with Gasteiger partial charge in [-0.15, -0.1) is 0 Å². The van der Waals surface area contributed by atoms with E-state index in [2.05, 4.69) is 4.98 Å². The fourth-order valence-corrected chi connectivity index (χ4v) is 1.66. The van der Waals surface area contributed by atoms with Crippen molar-refractivity contribution in [3.63, 3.8) is 0 Å². The summed E-state index contributed by atoms with van der Waals surface area (Å²) in [5, 5.41) is 9.12. The lowest BCUT2D eigenvalue weighted by atomic mass is 10.1. The summed E-state index contributed by atoms with van der Waals surface area (Å²) in [6.07, 6.45) is -3.61. The molecule has 0 atom stereocenters. The summed E-state index contributed by atoms with van der Waals surface area (Å²) in [5.41, 5.74) is 0.226. The standard InChI is InChI=1S/C13H9F3N2/c14-13(15,16)10-5-3-9-4-6-11(2-1-7-17)18-12(9)8-10/h3-6,8H,1-2H2. The Morgan fingerprint density at radius 1 is 1.17 bits per heavy atom. The predicted molar refractivity (Wildman–Crippen MR) is 60.7 cm³/mol. The quantitative estimate of drug-likeness (QED) is 0.814. The minimum absolute atomic E-state index is 0.303. The summed E-state index contributed by atoms with van der Waals surface area (Å²) in [4.78, 5) is 4.14. The lowest BCUT2D eigenvalue weighted by molar-refractivity contribution is -0.137. The van der Waals surface area contributed by atoms with Gasteiger partial charge in [-0.1, -0.05) is 12.1 Å². The van der Waals surface area contributed by atoms with Crippen LogP contribution in [0, 0.1) is 11.3 Å². The summed E-state index contributed by atoms with van der Waals surface area (Å²) < 4.78 is 37.6. The topological polar surface area (TPSA) is 36.7 Å². The Balaban J connectivity index is 2.44. The van der Waals surface area contributed by atoms with E-state index in [1.807, 2.05) is 6.07 Å². The predicted octanol–water partition coefficient (Wildman–Crippen LogP) is 3.71. The third kappa shape index (κ3) is 2.59. The summed E-state index contributed by atoms with van der Waals surface area (Å²) >= 11 is 0. The molecule has 0 fully saturated rings. The van der Waals surface area contributed by atoms with E-state index in [0.29, 0.717) is 29.4 Å². The van der Waals surface area contributed by atoms with E-state index < -0.39 is 11.7 Å². The molecular weight excluding hydrogens is 241 g/mol. The molecule has 0 saturated heterocycles. The highest BCUT2D eigenvalue weighted by Gasteiger charge is 2.30. The fourth-order valence-electron chi connectivity index (χ4n) is 1.66. The van der Waals surface area contributed by atoms with E-state index in [1.165, 1.54) is 6.07 Å². The molecule has 18 heavy (non-hydrogen) atoms. The second-order valence-electron chi connectivity index (χ2n) is 3.87. The van der Waals surface area contributed by atoms with Crippen molar-refractivity contribution < 1.29 is 13.2 Å². The highest BCUT2D eigenvalue weighted by atomic mass is 19.4. The first-order valence-corrected chi connectivity index (χ1v) is 5.34. The Bertz CT molecular complexity index is 612. The van der Waals surface area contributed by atoms with E-state index in [1.54, 1.807) is 12.1 Å². The first-order valence-electron chi connectivity index (χ1n) is 5.34. The van der Waals surface area contributed by atoms with Crippen LogP contribution in [0.2, 0.25) is 0 Å². The van der Waals surface area contributed by atoms with Crippen LogP contribution in [0.5, 0.6) is 0 Å². The monoisotopic (exact) mass is 250 g/mol. The van der Waals surface area contributed by atoms with Crippen LogP contribution in [0.3, 0.4) is 0 Å². The van der Waals surface area contributed by atoms with Gasteiger partial charge >= 0.3 is 6.18 Å². The number of nitrogens with zero attached hydrogens (tertiary/aromatic N) is 2. The van der Waals surface area contributed by atoms with Gasteiger partial charge in [-0.05, 0) is 18.2 Å². The number of aryl methyl sites for hydroxylation is 1. The number of benzene rings is 1. The molecule has 0 saturated carbocycles. The number of alkyl halides is 3. The van der Waals surface area contributed by atoms with Gasteiger partial charge in [0.05, 0.1) is 17.1 Å². The number of rotatable bonds is 2. The van der Waals surface area contributed by atoms with Crippen LogP contribution in [0.1, 0.15) is 17.7 Å². The highest BCUT2D eigenvalue weighted by Crippen LogP contribution is 2.30. The van der Waals surface area contributed by atoms with E-state index in [0.717, 1.165) is 12.1 Å². The van der Waals surface area contributed by atoms with E-state index in [9.17, 15) is 13.2 Å². The van der Waals surface area contributed by atoms with E-state index in [4.69, 9.17) is 5.26 Å². The number of halogens is 3. The third-order valence-corrected chi connectivity index (χ3v) is 2.57. The Morgan fingerprint density at radius 2 is 1.89 bits per heavy atom. The smallest absolute Gasteiger partial charge is 0.253 e. The van der Waals surface area contributed by atoms with Crippen molar-refractivity contribution in [1.82, 2.24) is 4.98 Å². The molecule has 0 radical (unpaired) electrons. The van der Waals surface area contributed by atoms with E-state index in [-0.39, 0.29) is 0 Å². The van der Waals surface area contributed by atoms with Crippen molar-refractivity contribution >= 4 is 10.9 Å². The SMILES string of the molecule is N#CCCc1ccc2ccc(C(F)(F)F)cc2n1. The first-order chi connectivity index (χ1) is 8.50. The van der Waals surface area contributed by atoms with Gasteiger partial charge in [0.25, 0.3) is 0 Å². The van der Waals surface area contributed by atoms with Crippen LogP contribution in [0.25, 0.3) is 10.9 Å². The van der Waals surface area contributed by atoms with Crippen LogP contribution >= 0.6 is 0 Å². The summed E-state index contributed by atoms with van der Waals surface area (Å²) in [6.45, 7) is 0. The van der Waals surface area contributed by atoms with E-state index >= 15 is 0 Å². The zero-order valence-corrected chi connectivity index (χ0v) is 9.33. The number of nitriles is 1. The molecule has 0 aliphatic heterocycles. The largest absolute Gasteiger partial charge is 0.416 e.